The minimum absolute atomic E-state index is 0. The Morgan fingerprint density at radius 2 is 0.357 bits per heavy atom. The first kappa shape index (κ1) is 47.3. The van der Waals surface area contributed by atoms with Gasteiger partial charge >= 0.3 is 0 Å². The first-order valence-corrected chi connectivity index (χ1v) is 19.3. The van der Waals surface area contributed by atoms with E-state index in [9.17, 15) is 0 Å². The van der Waals surface area contributed by atoms with Gasteiger partial charge in [-0.1, -0.05) is 92.9 Å². The average Bonchev–Trinajstić information content (AvgIpc) is 2.95. The summed E-state index contributed by atoms with van der Waals surface area (Å²) in [6, 6.07) is 0. The second-order valence-electron chi connectivity index (χ2n) is 13.8. The van der Waals surface area contributed by atoms with Crippen LogP contribution in [0, 0.1) is 0 Å². The first-order chi connectivity index (χ1) is 19.6. The third kappa shape index (κ3) is 26.1. The second kappa shape index (κ2) is 34.7. The minimum Gasteiger partial charge on any atom is -1.00 e. The molecule has 0 aromatic carbocycles. The molecule has 0 spiro atoms. The van der Waals surface area contributed by atoms with Crippen LogP contribution >= 0.6 is 0 Å². The van der Waals surface area contributed by atoms with Gasteiger partial charge in [-0.15, -0.1) is 0 Å². The summed E-state index contributed by atoms with van der Waals surface area (Å²) in [6.07, 6.45) is 34.2. The lowest BCUT2D eigenvalue weighted by atomic mass is 10.1. The SMILES string of the molecule is CCCCC[N+](CCCCC)(CCCCC)CCCCCCCC[N+](CCCCC)(CCCCC)CCCCC.[Br-].[Br-]. The third-order valence-electron chi connectivity index (χ3n) is 9.93. The van der Waals surface area contributed by atoms with Crippen LogP contribution in [0.3, 0.4) is 0 Å². The van der Waals surface area contributed by atoms with Gasteiger partial charge in [-0.25, -0.2) is 0 Å². The first-order valence-electron chi connectivity index (χ1n) is 19.3. The van der Waals surface area contributed by atoms with Gasteiger partial charge in [0, 0.05) is 0 Å². The predicted octanol–water partition coefficient (Wildman–Crippen LogP) is 6.11. The highest BCUT2D eigenvalue weighted by Gasteiger charge is 2.27. The van der Waals surface area contributed by atoms with Gasteiger partial charge in [0.1, 0.15) is 0 Å². The Labute approximate surface area is 289 Å². The Bertz CT molecular complexity index is 402. The average molecular weight is 727 g/mol. The van der Waals surface area contributed by atoms with Gasteiger partial charge in [0.15, 0.2) is 0 Å². The van der Waals surface area contributed by atoms with E-state index < -0.39 is 0 Å². The molecule has 0 radical (unpaired) electrons. The molecular weight excluding hydrogens is 644 g/mol. The highest BCUT2D eigenvalue weighted by atomic mass is 79.9. The Morgan fingerprint density at radius 3 is 0.524 bits per heavy atom. The van der Waals surface area contributed by atoms with Crippen LogP contribution in [0.2, 0.25) is 0 Å². The summed E-state index contributed by atoms with van der Waals surface area (Å²) in [4.78, 5) is 0. The molecule has 0 rings (SSSR count). The number of hydrogen-bond donors (Lipinski definition) is 0. The van der Waals surface area contributed by atoms with Crippen molar-refractivity contribution < 1.29 is 42.9 Å². The number of nitrogens with zero attached hydrogens (tertiary/aromatic N) is 2. The van der Waals surface area contributed by atoms with E-state index in [1.165, 1.54) is 215 Å². The van der Waals surface area contributed by atoms with Crippen LogP contribution < -0.4 is 34.0 Å². The van der Waals surface area contributed by atoms with Gasteiger partial charge in [0.2, 0.25) is 0 Å². The van der Waals surface area contributed by atoms with Crippen molar-refractivity contribution in [2.75, 3.05) is 52.4 Å². The molecule has 0 amide bonds. The molecule has 0 atom stereocenters. The van der Waals surface area contributed by atoms with Gasteiger partial charge in [0.05, 0.1) is 52.4 Å². The van der Waals surface area contributed by atoms with E-state index in [0.29, 0.717) is 0 Å². The summed E-state index contributed by atoms with van der Waals surface area (Å²) in [6.45, 7) is 25.9. The zero-order valence-corrected chi connectivity index (χ0v) is 33.4. The summed E-state index contributed by atoms with van der Waals surface area (Å²) in [5.41, 5.74) is 0. The summed E-state index contributed by atoms with van der Waals surface area (Å²) in [7, 11) is 0. The van der Waals surface area contributed by atoms with Crippen molar-refractivity contribution in [3.63, 3.8) is 0 Å². The van der Waals surface area contributed by atoms with Crippen molar-refractivity contribution in [1.82, 2.24) is 0 Å². The molecule has 0 saturated carbocycles. The Morgan fingerprint density at radius 1 is 0.214 bits per heavy atom. The van der Waals surface area contributed by atoms with Gasteiger partial charge in [0.25, 0.3) is 0 Å². The Balaban J connectivity index is -0.00000760. The third-order valence-corrected chi connectivity index (χ3v) is 9.93. The van der Waals surface area contributed by atoms with Gasteiger partial charge < -0.3 is 42.9 Å². The van der Waals surface area contributed by atoms with E-state index >= 15 is 0 Å². The number of rotatable bonds is 33. The van der Waals surface area contributed by atoms with Crippen molar-refractivity contribution in [1.29, 1.82) is 0 Å². The molecule has 0 N–H and O–H groups in total. The molecule has 258 valence electrons. The van der Waals surface area contributed by atoms with Crippen molar-refractivity contribution in [3.8, 4) is 0 Å². The van der Waals surface area contributed by atoms with Crippen molar-refractivity contribution >= 4 is 0 Å². The molecule has 0 saturated heterocycles. The number of unbranched alkanes of at least 4 members (excludes halogenated alkanes) is 17. The molecule has 42 heavy (non-hydrogen) atoms. The van der Waals surface area contributed by atoms with Crippen LogP contribution in [0.1, 0.15) is 196 Å². The number of hydrogen-bond acceptors (Lipinski definition) is 0. The molecule has 0 aliphatic carbocycles. The molecular formula is C38H82Br2N2. The van der Waals surface area contributed by atoms with Crippen molar-refractivity contribution in [2.45, 2.75) is 196 Å². The van der Waals surface area contributed by atoms with Gasteiger partial charge in [-0.05, 0) is 103 Å². The van der Waals surface area contributed by atoms with Crippen LogP contribution in [0.5, 0.6) is 0 Å². The van der Waals surface area contributed by atoms with Crippen molar-refractivity contribution in [2.24, 2.45) is 0 Å². The van der Waals surface area contributed by atoms with E-state index in [4.69, 9.17) is 0 Å². The fourth-order valence-corrected chi connectivity index (χ4v) is 7.13. The summed E-state index contributed by atoms with van der Waals surface area (Å²) in [5, 5.41) is 0. The fourth-order valence-electron chi connectivity index (χ4n) is 7.13. The Hall–Kier alpha value is 0.880. The maximum Gasteiger partial charge on any atom is 0.0786 e. The highest BCUT2D eigenvalue weighted by Crippen LogP contribution is 2.21. The van der Waals surface area contributed by atoms with Crippen molar-refractivity contribution in [3.05, 3.63) is 0 Å². The molecule has 0 aromatic heterocycles. The van der Waals surface area contributed by atoms with Crippen LogP contribution in [0.25, 0.3) is 0 Å². The normalized spacial score (nSPS) is 11.9. The molecule has 0 aliphatic heterocycles. The van der Waals surface area contributed by atoms with Crippen LogP contribution in [0.15, 0.2) is 0 Å². The summed E-state index contributed by atoms with van der Waals surface area (Å²) < 4.78 is 2.90. The quantitative estimate of drug-likeness (QED) is 0.0566. The smallest absolute Gasteiger partial charge is 0.0786 e. The van der Waals surface area contributed by atoms with E-state index in [1.54, 1.807) is 0 Å². The van der Waals surface area contributed by atoms with E-state index in [1.807, 2.05) is 0 Å². The van der Waals surface area contributed by atoms with Crippen LogP contribution in [-0.2, 0) is 0 Å². The molecule has 4 heteroatoms. The lowest BCUT2D eigenvalue weighted by Crippen LogP contribution is -3.00. The molecule has 0 aromatic rings. The number of halogens is 2. The monoisotopic (exact) mass is 724 g/mol. The lowest BCUT2D eigenvalue weighted by molar-refractivity contribution is -0.929. The van der Waals surface area contributed by atoms with E-state index in [-0.39, 0.29) is 34.0 Å². The van der Waals surface area contributed by atoms with E-state index in [2.05, 4.69) is 41.5 Å². The summed E-state index contributed by atoms with van der Waals surface area (Å²) in [5.74, 6) is 0. The van der Waals surface area contributed by atoms with Crippen LogP contribution in [0.4, 0.5) is 0 Å². The van der Waals surface area contributed by atoms with Gasteiger partial charge in [-0.3, -0.25) is 0 Å². The zero-order valence-electron chi connectivity index (χ0n) is 30.3. The maximum absolute atomic E-state index is 2.37. The largest absolute Gasteiger partial charge is 1.00 e. The standard InChI is InChI=1S/C38H82N2.2BrH/c1-7-13-23-31-39(32-24-14-8-2,33-25-15-9-3)37-29-21-19-20-22-30-38-40(34-26-16-10-4,35-27-17-11-5)36-28-18-12-6;;/h7-38H2,1-6H3;2*1H/q+2;;/p-2. The zero-order chi connectivity index (χ0) is 29.6. The fraction of sp³-hybridized carbons (Fsp3) is 1.00. The molecule has 0 aliphatic rings. The molecule has 0 unspecified atom stereocenters. The topological polar surface area (TPSA) is 0 Å². The minimum atomic E-state index is 0. The van der Waals surface area contributed by atoms with Crippen LogP contribution in [-0.4, -0.2) is 61.3 Å². The van der Waals surface area contributed by atoms with Gasteiger partial charge in [-0.2, -0.15) is 0 Å². The Kier molecular flexibility index (Phi) is 39.1. The molecule has 0 bridgehead atoms. The number of quaternary nitrogens is 2. The molecule has 0 heterocycles. The van der Waals surface area contributed by atoms with E-state index in [0.717, 1.165) is 0 Å². The maximum atomic E-state index is 2.37. The predicted molar refractivity (Wildman–Crippen MR) is 184 cm³/mol. The molecule has 0 fully saturated rings. The summed E-state index contributed by atoms with van der Waals surface area (Å²) >= 11 is 0. The molecule has 2 nitrogen and oxygen atoms in total. The highest BCUT2D eigenvalue weighted by molar-refractivity contribution is 4.55. The lowest BCUT2D eigenvalue weighted by Gasteiger charge is -2.40. The second-order valence-corrected chi connectivity index (χ2v) is 13.8.